The molecule has 0 spiro atoms. The molecule has 0 saturated carbocycles. The number of rotatable bonds is 4. The maximum Gasteiger partial charge on any atom is 0.348 e. The molecular formula is C18H23N5O3S. The molecule has 2 fully saturated rings. The van der Waals surface area contributed by atoms with Crippen LogP contribution in [0.1, 0.15) is 29.4 Å². The summed E-state index contributed by atoms with van der Waals surface area (Å²) in [4.78, 5) is 29.8. The van der Waals surface area contributed by atoms with Crippen molar-refractivity contribution in [3.63, 3.8) is 0 Å². The molecule has 144 valence electrons. The number of morpholine rings is 1. The van der Waals surface area contributed by atoms with Crippen LogP contribution < -0.4 is 9.80 Å². The first-order chi connectivity index (χ1) is 13.1. The van der Waals surface area contributed by atoms with Gasteiger partial charge < -0.3 is 19.6 Å². The molecule has 8 nitrogen and oxygen atoms in total. The summed E-state index contributed by atoms with van der Waals surface area (Å²) in [5.41, 5.74) is 0.902. The topological polar surface area (TPSA) is 91.7 Å². The molecule has 0 radical (unpaired) electrons. The van der Waals surface area contributed by atoms with Gasteiger partial charge in [0.2, 0.25) is 0 Å². The summed E-state index contributed by atoms with van der Waals surface area (Å²) in [7, 11) is 0. The van der Waals surface area contributed by atoms with Gasteiger partial charge in [-0.15, -0.1) is 0 Å². The predicted octanol–water partition coefficient (Wildman–Crippen LogP) is 2.37. The van der Waals surface area contributed by atoms with Gasteiger partial charge in [-0.1, -0.05) is 18.3 Å². The van der Waals surface area contributed by atoms with E-state index in [9.17, 15) is 9.90 Å². The molecule has 2 aromatic rings. The minimum atomic E-state index is -0.974. The molecule has 27 heavy (non-hydrogen) atoms. The molecule has 4 heterocycles. The van der Waals surface area contributed by atoms with E-state index in [-0.39, 0.29) is 4.88 Å². The van der Waals surface area contributed by atoms with Gasteiger partial charge >= 0.3 is 5.97 Å². The SMILES string of the molecule is C[C@@H]1CCCN(c2nc(-c3cnc(N4CCOCC4)cn3)c(C(=O)O)s2)C1. The van der Waals surface area contributed by atoms with Crippen LogP contribution in [0.5, 0.6) is 0 Å². The summed E-state index contributed by atoms with van der Waals surface area (Å²) in [6, 6.07) is 0. The van der Waals surface area contributed by atoms with Crippen LogP contribution in [0.25, 0.3) is 11.4 Å². The normalized spacial score (nSPS) is 20.7. The van der Waals surface area contributed by atoms with Crippen molar-refractivity contribution in [2.24, 2.45) is 5.92 Å². The monoisotopic (exact) mass is 389 g/mol. The van der Waals surface area contributed by atoms with Crippen molar-refractivity contribution in [2.45, 2.75) is 19.8 Å². The predicted molar refractivity (Wildman–Crippen MR) is 104 cm³/mol. The summed E-state index contributed by atoms with van der Waals surface area (Å²) >= 11 is 1.22. The van der Waals surface area contributed by atoms with Gasteiger partial charge in [0.15, 0.2) is 5.13 Å². The zero-order valence-electron chi connectivity index (χ0n) is 15.3. The van der Waals surface area contributed by atoms with Crippen LogP contribution >= 0.6 is 11.3 Å². The quantitative estimate of drug-likeness (QED) is 0.852. The first-order valence-electron chi connectivity index (χ1n) is 9.26. The maximum atomic E-state index is 11.8. The van der Waals surface area contributed by atoms with Crippen molar-refractivity contribution in [1.29, 1.82) is 0 Å². The van der Waals surface area contributed by atoms with Gasteiger partial charge in [0.05, 0.1) is 25.6 Å². The Morgan fingerprint density at radius 2 is 2.04 bits per heavy atom. The Labute approximate surface area is 161 Å². The molecule has 1 atom stereocenters. The molecule has 2 aliphatic rings. The van der Waals surface area contributed by atoms with Gasteiger partial charge in [0, 0.05) is 26.2 Å². The molecule has 0 aliphatic carbocycles. The summed E-state index contributed by atoms with van der Waals surface area (Å²) in [6.07, 6.45) is 5.62. The standard InChI is InChI=1S/C18H23N5O3S/c1-12-3-2-4-23(11-12)18-21-15(16(27-18)17(24)25)13-9-20-14(10-19-13)22-5-7-26-8-6-22/h9-10,12H,2-8,11H2,1H3,(H,24,25)/t12-/m1/s1. The second-order valence-corrected chi connectivity index (χ2v) is 8.01. The Hall–Kier alpha value is -2.26. The summed E-state index contributed by atoms with van der Waals surface area (Å²) < 4.78 is 5.36. The average Bonchev–Trinajstić information content (AvgIpc) is 3.15. The lowest BCUT2D eigenvalue weighted by Gasteiger charge is -2.30. The number of aromatic nitrogens is 3. The lowest BCUT2D eigenvalue weighted by molar-refractivity contribution is 0.0702. The first kappa shape index (κ1) is 18.1. The highest BCUT2D eigenvalue weighted by molar-refractivity contribution is 7.17. The van der Waals surface area contributed by atoms with Crippen molar-refractivity contribution in [3.8, 4) is 11.4 Å². The highest BCUT2D eigenvalue weighted by Crippen LogP contribution is 2.34. The number of piperidine rings is 1. The van der Waals surface area contributed by atoms with Crippen molar-refractivity contribution in [2.75, 3.05) is 49.2 Å². The number of carboxylic acids is 1. The minimum absolute atomic E-state index is 0.219. The molecule has 2 saturated heterocycles. The number of nitrogens with zero attached hydrogens (tertiary/aromatic N) is 5. The third-order valence-corrected chi connectivity index (χ3v) is 6.06. The number of aromatic carboxylic acids is 1. The lowest BCUT2D eigenvalue weighted by Crippen LogP contribution is -2.36. The number of hydrogen-bond donors (Lipinski definition) is 1. The molecule has 0 bridgehead atoms. The molecular weight excluding hydrogens is 366 g/mol. The van der Waals surface area contributed by atoms with E-state index in [4.69, 9.17) is 4.74 Å². The Balaban J connectivity index is 1.61. The Morgan fingerprint density at radius 3 is 2.70 bits per heavy atom. The number of hydrogen-bond acceptors (Lipinski definition) is 8. The van der Waals surface area contributed by atoms with Crippen LogP contribution in [0.2, 0.25) is 0 Å². The van der Waals surface area contributed by atoms with Gasteiger partial charge in [-0.25, -0.2) is 19.7 Å². The third kappa shape index (κ3) is 3.89. The molecule has 0 aromatic carbocycles. The van der Waals surface area contributed by atoms with Crippen LogP contribution in [0.15, 0.2) is 12.4 Å². The maximum absolute atomic E-state index is 11.8. The fourth-order valence-electron chi connectivity index (χ4n) is 3.53. The number of ether oxygens (including phenoxy) is 1. The van der Waals surface area contributed by atoms with E-state index in [1.165, 1.54) is 17.8 Å². The van der Waals surface area contributed by atoms with E-state index in [0.29, 0.717) is 30.5 Å². The molecule has 2 aliphatic heterocycles. The van der Waals surface area contributed by atoms with Crippen LogP contribution in [-0.4, -0.2) is 65.4 Å². The highest BCUT2D eigenvalue weighted by Gasteiger charge is 2.25. The lowest BCUT2D eigenvalue weighted by atomic mass is 10.0. The molecule has 9 heteroatoms. The zero-order valence-corrected chi connectivity index (χ0v) is 16.1. The van der Waals surface area contributed by atoms with Crippen molar-refractivity contribution < 1.29 is 14.6 Å². The zero-order chi connectivity index (χ0) is 18.8. The largest absolute Gasteiger partial charge is 0.477 e. The smallest absolute Gasteiger partial charge is 0.348 e. The number of carbonyl (C=O) groups is 1. The number of carboxylic acid groups (broad SMARTS) is 1. The molecule has 0 amide bonds. The van der Waals surface area contributed by atoms with Gasteiger partial charge in [0.1, 0.15) is 22.1 Å². The van der Waals surface area contributed by atoms with Gasteiger partial charge in [-0.2, -0.15) is 0 Å². The molecule has 2 aromatic heterocycles. The van der Waals surface area contributed by atoms with Crippen LogP contribution in [0.4, 0.5) is 10.9 Å². The second kappa shape index (κ2) is 7.77. The molecule has 1 N–H and O–H groups in total. The minimum Gasteiger partial charge on any atom is -0.477 e. The van der Waals surface area contributed by atoms with Crippen LogP contribution in [-0.2, 0) is 4.74 Å². The van der Waals surface area contributed by atoms with Crippen molar-refractivity contribution >= 4 is 28.3 Å². The summed E-state index contributed by atoms with van der Waals surface area (Å²) in [5.74, 6) is 0.393. The fourth-order valence-corrected chi connectivity index (χ4v) is 4.47. The van der Waals surface area contributed by atoms with E-state index < -0.39 is 5.97 Å². The van der Waals surface area contributed by atoms with E-state index in [0.717, 1.165) is 43.5 Å². The highest BCUT2D eigenvalue weighted by atomic mass is 32.1. The number of thiazole rings is 1. The van der Waals surface area contributed by atoms with E-state index in [1.807, 2.05) is 0 Å². The third-order valence-electron chi connectivity index (χ3n) is 4.95. The Bertz CT molecular complexity index is 804. The van der Waals surface area contributed by atoms with Crippen molar-refractivity contribution in [3.05, 3.63) is 17.3 Å². The summed E-state index contributed by atoms with van der Waals surface area (Å²) in [5, 5.41) is 10.4. The number of anilines is 2. The van der Waals surface area contributed by atoms with E-state index in [1.54, 1.807) is 12.4 Å². The second-order valence-electron chi connectivity index (χ2n) is 7.03. The van der Waals surface area contributed by atoms with E-state index >= 15 is 0 Å². The molecule has 0 unspecified atom stereocenters. The Kier molecular flexibility index (Phi) is 5.22. The average molecular weight is 389 g/mol. The fraction of sp³-hybridized carbons (Fsp3) is 0.556. The van der Waals surface area contributed by atoms with Crippen molar-refractivity contribution in [1.82, 2.24) is 15.0 Å². The van der Waals surface area contributed by atoms with E-state index in [2.05, 4.69) is 31.7 Å². The van der Waals surface area contributed by atoms with Crippen LogP contribution in [0.3, 0.4) is 0 Å². The van der Waals surface area contributed by atoms with Gasteiger partial charge in [-0.3, -0.25) is 0 Å². The first-order valence-corrected chi connectivity index (χ1v) is 10.1. The van der Waals surface area contributed by atoms with Gasteiger partial charge in [0.25, 0.3) is 0 Å². The molecule has 4 rings (SSSR count). The summed E-state index contributed by atoms with van der Waals surface area (Å²) in [6.45, 7) is 6.96. The van der Waals surface area contributed by atoms with Crippen LogP contribution in [0, 0.1) is 5.92 Å². The van der Waals surface area contributed by atoms with Gasteiger partial charge in [-0.05, 0) is 18.8 Å². The Morgan fingerprint density at radius 1 is 1.22 bits per heavy atom.